The number of sulfonamides is 1. The Balaban J connectivity index is 2.03. The number of alkyl halides is 1. The Labute approximate surface area is 133 Å². The fourth-order valence-corrected chi connectivity index (χ4v) is 5.26. The minimum Gasteiger partial charge on any atom is -0.209 e. The van der Waals surface area contributed by atoms with E-state index in [-0.39, 0.29) is 4.83 Å². The Kier molecular flexibility index (Phi) is 5.19. The third kappa shape index (κ3) is 4.13. The highest BCUT2D eigenvalue weighted by molar-refractivity contribution is 9.11. The summed E-state index contributed by atoms with van der Waals surface area (Å²) in [5, 5.41) is 0. The number of nitrogens with one attached hydrogen (secondary N) is 1. The van der Waals surface area contributed by atoms with Crippen molar-refractivity contribution < 1.29 is 8.42 Å². The highest BCUT2D eigenvalue weighted by atomic mass is 79.9. The first-order chi connectivity index (χ1) is 8.99. The van der Waals surface area contributed by atoms with Crippen LogP contribution in [0.1, 0.15) is 10.4 Å². The maximum atomic E-state index is 12.0. The molecule has 102 valence electrons. The third-order valence-corrected chi connectivity index (χ3v) is 6.82. The highest BCUT2D eigenvalue weighted by Crippen LogP contribution is 2.27. The smallest absolute Gasteiger partial charge is 0.209 e. The van der Waals surface area contributed by atoms with Gasteiger partial charge in [-0.25, -0.2) is 13.1 Å². The molecular weight excluding hydrogens is 414 g/mol. The molecule has 0 fully saturated rings. The Morgan fingerprint density at radius 2 is 1.84 bits per heavy atom. The maximum Gasteiger partial charge on any atom is 0.250 e. The third-order valence-electron chi connectivity index (χ3n) is 2.43. The quantitative estimate of drug-likeness (QED) is 0.739. The SMILES string of the molecule is O=S(=O)(NCC(Br)c1ccccc1)c1ccc(Br)s1. The summed E-state index contributed by atoms with van der Waals surface area (Å²) in [6, 6.07) is 13.0. The summed E-state index contributed by atoms with van der Waals surface area (Å²) in [4.78, 5) is -0.0492. The van der Waals surface area contributed by atoms with Gasteiger partial charge in [0.05, 0.1) is 8.61 Å². The Bertz CT molecular complexity index is 641. The molecule has 19 heavy (non-hydrogen) atoms. The topological polar surface area (TPSA) is 46.2 Å². The fraction of sp³-hybridized carbons (Fsp3) is 0.167. The minimum absolute atomic E-state index is 0.0492. The van der Waals surface area contributed by atoms with Gasteiger partial charge in [-0.3, -0.25) is 0 Å². The van der Waals surface area contributed by atoms with Gasteiger partial charge in [0.25, 0.3) is 0 Å². The van der Waals surface area contributed by atoms with Crippen LogP contribution in [0.15, 0.2) is 50.5 Å². The van der Waals surface area contributed by atoms with E-state index >= 15 is 0 Å². The summed E-state index contributed by atoms with van der Waals surface area (Å²) >= 11 is 7.94. The zero-order valence-electron chi connectivity index (χ0n) is 9.71. The van der Waals surface area contributed by atoms with Crippen molar-refractivity contribution in [3.63, 3.8) is 0 Å². The van der Waals surface area contributed by atoms with Gasteiger partial charge < -0.3 is 0 Å². The first-order valence-electron chi connectivity index (χ1n) is 5.43. The van der Waals surface area contributed by atoms with E-state index in [2.05, 4.69) is 36.6 Å². The molecule has 2 aromatic rings. The molecule has 0 spiro atoms. The normalized spacial score (nSPS) is 13.4. The van der Waals surface area contributed by atoms with Crippen LogP contribution in [0.5, 0.6) is 0 Å². The molecule has 0 aliphatic heterocycles. The number of hydrogen-bond donors (Lipinski definition) is 1. The summed E-state index contributed by atoms with van der Waals surface area (Å²) in [5.74, 6) is 0. The maximum absolute atomic E-state index is 12.0. The van der Waals surface area contributed by atoms with Crippen molar-refractivity contribution in [1.82, 2.24) is 4.72 Å². The van der Waals surface area contributed by atoms with Crippen LogP contribution in [0.25, 0.3) is 0 Å². The summed E-state index contributed by atoms with van der Waals surface area (Å²) < 4.78 is 27.8. The van der Waals surface area contributed by atoms with Gasteiger partial charge in [0.1, 0.15) is 4.21 Å². The van der Waals surface area contributed by atoms with Crippen LogP contribution in [-0.2, 0) is 10.0 Å². The highest BCUT2D eigenvalue weighted by Gasteiger charge is 2.18. The lowest BCUT2D eigenvalue weighted by Gasteiger charge is -2.11. The van der Waals surface area contributed by atoms with Crippen LogP contribution in [0.3, 0.4) is 0 Å². The van der Waals surface area contributed by atoms with E-state index in [1.54, 1.807) is 12.1 Å². The van der Waals surface area contributed by atoms with Gasteiger partial charge >= 0.3 is 0 Å². The zero-order chi connectivity index (χ0) is 13.9. The Morgan fingerprint density at radius 1 is 1.16 bits per heavy atom. The van der Waals surface area contributed by atoms with Crippen molar-refractivity contribution in [3.05, 3.63) is 51.8 Å². The van der Waals surface area contributed by atoms with E-state index in [9.17, 15) is 8.42 Å². The van der Waals surface area contributed by atoms with Crippen molar-refractivity contribution in [2.75, 3.05) is 6.54 Å². The molecule has 0 radical (unpaired) electrons. The molecule has 2 rings (SSSR count). The predicted molar refractivity (Wildman–Crippen MR) is 85.3 cm³/mol. The lowest BCUT2D eigenvalue weighted by Crippen LogP contribution is -2.26. The van der Waals surface area contributed by atoms with Gasteiger partial charge in [-0.05, 0) is 33.6 Å². The fourth-order valence-electron chi connectivity index (χ4n) is 1.48. The second-order valence-electron chi connectivity index (χ2n) is 3.79. The molecule has 0 saturated heterocycles. The summed E-state index contributed by atoms with van der Waals surface area (Å²) in [7, 11) is -3.43. The van der Waals surface area contributed by atoms with Crippen molar-refractivity contribution in [2.45, 2.75) is 9.04 Å². The molecule has 1 N–H and O–H groups in total. The predicted octanol–water partition coefficient (Wildman–Crippen LogP) is 3.93. The van der Waals surface area contributed by atoms with E-state index < -0.39 is 10.0 Å². The van der Waals surface area contributed by atoms with Crippen molar-refractivity contribution in [1.29, 1.82) is 0 Å². The molecule has 3 nitrogen and oxygen atoms in total. The van der Waals surface area contributed by atoms with E-state index in [1.807, 2.05) is 30.3 Å². The Hall–Kier alpha value is -0.210. The van der Waals surface area contributed by atoms with E-state index in [0.717, 1.165) is 9.35 Å². The number of halogens is 2. The molecule has 1 atom stereocenters. The van der Waals surface area contributed by atoms with Crippen LogP contribution < -0.4 is 4.72 Å². The number of hydrogen-bond acceptors (Lipinski definition) is 3. The minimum atomic E-state index is -3.43. The van der Waals surface area contributed by atoms with Gasteiger partial charge in [0.15, 0.2) is 0 Å². The zero-order valence-corrected chi connectivity index (χ0v) is 14.5. The second-order valence-corrected chi connectivity index (χ2v) is 9.35. The average molecular weight is 425 g/mol. The molecule has 0 aliphatic rings. The molecule has 7 heteroatoms. The Morgan fingerprint density at radius 3 is 2.42 bits per heavy atom. The van der Waals surface area contributed by atoms with Crippen LogP contribution in [0, 0.1) is 0 Å². The number of benzene rings is 1. The van der Waals surface area contributed by atoms with Crippen LogP contribution >= 0.6 is 43.2 Å². The van der Waals surface area contributed by atoms with Gasteiger partial charge in [0.2, 0.25) is 10.0 Å². The molecule has 0 saturated carbocycles. The molecule has 1 unspecified atom stereocenters. The summed E-state index contributed by atoms with van der Waals surface area (Å²) in [5.41, 5.74) is 1.04. The molecule has 0 bridgehead atoms. The molecule has 1 aromatic carbocycles. The summed E-state index contributed by atoms with van der Waals surface area (Å²) in [6.07, 6.45) is 0. The first kappa shape index (κ1) is 15.2. The van der Waals surface area contributed by atoms with Gasteiger partial charge in [-0.15, -0.1) is 11.3 Å². The monoisotopic (exact) mass is 423 g/mol. The van der Waals surface area contributed by atoms with Crippen LogP contribution in [0.4, 0.5) is 0 Å². The van der Waals surface area contributed by atoms with Crippen LogP contribution in [-0.4, -0.2) is 15.0 Å². The lowest BCUT2D eigenvalue weighted by atomic mass is 10.2. The van der Waals surface area contributed by atoms with E-state index in [4.69, 9.17) is 0 Å². The van der Waals surface area contributed by atoms with Crippen molar-refractivity contribution >= 4 is 53.2 Å². The van der Waals surface area contributed by atoms with Gasteiger partial charge in [-0.2, -0.15) is 0 Å². The number of rotatable bonds is 5. The average Bonchev–Trinajstić information content (AvgIpc) is 2.85. The van der Waals surface area contributed by atoms with E-state index in [1.165, 1.54) is 11.3 Å². The number of thiophene rings is 1. The summed E-state index contributed by atoms with van der Waals surface area (Å²) in [6.45, 7) is 0.307. The van der Waals surface area contributed by atoms with Gasteiger partial charge in [-0.1, -0.05) is 46.3 Å². The largest absolute Gasteiger partial charge is 0.250 e. The van der Waals surface area contributed by atoms with E-state index in [0.29, 0.717) is 10.8 Å². The molecular formula is C12H11Br2NO2S2. The molecule has 0 amide bonds. The first-order valence-corrected chi connectivity index (χ1v) is 9.44. The second kappa shape index (κ2) is 6.49. The van der Waals surface area contributed by atoms with Crippen molar-refractivity contribution in [3.8, 4) is 0 Å². The standard InChI is InChI=1S/C12H11Br2NO2S2/c13-10(9-4-2-1-3-5-9)8-15-19(16,17)12-7-6-11(14)18-12/h1-7,10,15H,8H2. The van der Waals surface area contributed by atoms with Gasteiger partial charge in [0, 0.05) is 6.54 Å². The van der Waals surface area contributed by atoms with Crippen molar-refractivity contribution in [2.24, 2.45) is 0 Å². The van der Waals surface area contributed by atoms with Crippen LogP contribution in [0.2, 0.25) is 0 Å². The molecule has 1 heterocycles. The molecule has 1 aromatic heterocycles. The molecule has 0 aliphatic carbocycles. The lowest BCUT2D eigenvalue weighted by molar-refractivity contribution is 0.583.